The van der Waals surface area contributed by atoms with Gasteiger partial charge in [0.2, 0.25) is 5.91 Å². The number of nitrogens with two attached hydrogens (primary N) is 1. The highest BCUT2D eigenvalue weighted by Gasteiger charge is 2.17. The van der Waals surface area contributed by atoms with Crippen molar-refractivity contribution in [3.8, 4) is 0 Å². The van der Waals surface area contributed by atoms with Gasteiger partial charge in [0, 0.05) is 6.54 Å². The molecule has 1 unspecified atom stereocenters. The molecule has 1 atom stereocenters. The summed E-state index contributed by atoms with van der Waals surface area (Å²) in [5.74, 6) is 0.0986. The highest BCUT2D eigenvalue weighted by molar-refractivity contribution is 5.81. The zero-order valence-corrected chi connectivity index (χ0v) is 11.1. The summed E-state index contributed by atoms with van der Waals surface area (Å²) in [6, 6.07) is -0.412. The second-order valence-electron chi connectivity index (χ2n) is 5.19. The summed E-state index contributed by atoms with van der Waals surface area (Å²) < 4.78 is 5.72. The Morgan fingerprint density at radius 2 is 2.00 bits per heavy atom. The van der Waals surface area contributed by atoms with E-state index in [0.29, 0.717) is 19.3 Å². The molecule has 1 aliphatic carbocycles. The van der Waals surface area contributed by atoms with E-state index in [9.17, 15) is 4.79 Å². The van der Waals surface area contributed by atoms with Crippen molar-refractivity contribution in [2.45, 2.75) is 58.1 Å². The second kappa shape index (κ2) is 7.67. The van der Waals surface area contributed by atoms with Crippen molar-refractivity contribution in [2.75, 3.05) is 13.2 Å². The van der Waals surface area contributed by atoms with Gasteiger partial charge in [-0.1, -0.05) is 33.1 Å². The minimum absolute atomic E-state index is 0.0766. The fraction of sp³-hybridized carbons (Fsp3) is 0.923. The van der Waals surface area contributed by atoms with Crippen LogP contribution in [-0.2, 0) is 9.53 Å². The lowest BCUT2D eigenvalue weighted by atomic mass is 9.98. The van der Waals surface area contributed by atoms with E-state index in [1.807, 2.05) is 13.8 Å². The largest absolute Gasteiger partial charge is 0.376 e. The zero-order valence-electron chi connectivity index (χ0n) is 11.1. The lowest BCUT2D eigenvalue weighted by molar-refractivity contribution is -0.123. The van der Waals surface area contributed by atoms with Crippen LogP contribution in [0.2, 0.25) is 0 Å². The van der Waals surface area contributed by atoms with Gasteiger partial charge in [-0.15, -0.1) is 0 Å². The predicted octanol–water partition coefficient (Wildman–Crippen LogP) is 1.44. The van der Waals surface area contributed by atoms with E-state index >= 15 is 0 Å². The predicted molar refractivity (Wildman–Crippen MR) is 68.6 cm³/mol. The van der Waals surface area contributed by atoms with E-state index in [2.05, 4.69) is 5.32 Å². The third kappa shape index (κ3) is 5.50. The van der Waals surface area contributed by atoms with E-state index in [0.717, 1.165) is 0 Å². The van der Waals surface area contributed by atoms with Crippen LogP contribution in [0.4, 0.5) is 0 Å². The van der Waals surface area contributed by atoms with Gasteiger partial charge < -0.3 is 15.8 Å². The number of hydrogen-bond acceptors (Lipinski definition) is 3. The first kappa shape index (κ1) is 14.5. The second-order valence-corrected chi connectivity index (χ2v) is 5.19. The van der Waals surface area contributed by atoms with Crippen LogP contribution in [0, 0.1) is 5.92 Å². The number of carbonyl (C=O) groups excluding carboxylic acids is 1. The zero-order chi connectivity index (χ0) is 12.7. The molecule has 0 radical (unpaired) electrons. The molecule has 1 fully saturated rings. The lowest BCUT2D eigenvalue weighted by Crippen LogP contribution is -2.45. The van der Waals surface area contributed by atoms with Gasteiger partial charge in [0.05, 0.1) is 18.8 Å². The monoisotopic (exact) mass is 242 g/mol. The van der Waals surface area contributed by atoms with Crippen LogP contribution in [0.25, 0.3) is 0 Å². The van der Waals surface area contributed by atoms with Crippen LogP contribution in [-0.4, -0.2) is 31.2 Å². The van der Waals surface area contributed by atoms with Gasteiger partial charge in [0.25, 0.3) is 0 Å². The number of ether oxygens (including phenoxy) is 1. The molecule has 4 nitrogen and oxygen atoms in total. The molecule has 0 aromatic heterocycles. The van der Waals surface area contributed by atoms with E-state index in [1.165, 1.54) is 32.1 Å². The summed E-state index contributed by atoms with van der Waals surface area (Å²) in [5, 5.41) is 2.81. The molecule has 0 heterocycles. The minimum atomic E-state index is -0.412. The van der Waals surface area contributed by atoms with E-state index in [4.69, 9.17) is 10.5 Å². The van der Waals surface area contributed by atoms with Gasteiger partial charge in [-0.3, -0.25) is 4.79 Å². The van der Waals surface area contributed by atoms with E-state index in [1.54, 1.807) is 0 Å². The average Bonchev–Trinajstić information content (AvgIpc) is 2.34. The third-order valence-corrected chi connectivity index (χ3v) is 3.33. The SMILES string of the molecule is CC(C)C(N)C(=O)NCCOC1CCCCC1. The molecule has 0 bridgehead atoms. The Kier molecular flexibility index (Phi) is 6.52. The molecule has 17 heavy (non-hydrogen) atoms. The van der Waals surface area contributed by atoms with Crippen molar-refractivity contribution in [3.63, 3.8) is 0 Å². The Morgan fingerprint density at radius 3 is 2.59 bits per heavy atom. The Morgan fingerprint density at radius 1 is 1.35 bits per heavy atom. The van der Waals surface area contributed by atoms with Crippen molar-refractivity contribution < 1.29 is 9.53 Å². The fourth-order valence-electron chi connectivity index (χ4n) is 2.05. The number of carbonyl (C=O) groups is 1. The van der Waals surface area contributed by atoms with Gasteiger partial charge in [0.1, 0.15) is 0 Å². The van der Waals surface area contributed by atoms with Gasteiger partial charge in [-0.2, -0.15) is 0 Å². The van der Waals surface area contributed by atoms with Gasteiger partial charge in [-0.25, -0.2) is 0 Å². The fourth-order valence-corrected chi connectivity index (χ4v) is 2.05. The molecule has 1 saturated carbocycles. The molecular weight excluding hydrogens is 216 g/mol. The van der Waals surface area contributed by atoms with Crippen molar-refractivity contribution in [1.82, 2.24) is 5.32 Å². The number of rotatable bonds is 6. The standard InChI is InChI=1S/C13H26N2O2/c1-10(2)12(14)13(16)15-8-9-17-11-6-4-3-5-7-11/h10-12H,3-9,14H2,1-2H3,(H,15,16). The highest BCUT2D eigenvalue weighted by Crippen LogP contribution is 2.19. The Balaban J connectivity index is 2.05. The van der Waals surface area contributed by atoms with Crippen LogP contribution >= 0.6 is 0 Å². The molecule has 1 rings (SSSR count). The summed E-state index contributed by atoms with van der Waals surface area (Å²) in [6.45, 7) is 5.06. The van der Waals surface area contributed by atoms with Gasteiger partial charge >= 0.3 is 0 Å². The third-order valence-electron chi connectivity index (χ3n) is 3.33. The van der Waals surface area contributed by atoms with Crippen LogP contribution in [0.3, 0.4) is 0 Å². The quantitative estimate of drug-likeness (QED) is 0.693. The van der Waals surface area contributed by atoms with Crippen molar-refractivity contribution in [3.05, 3.63) is 0 Å². The first-order valence-corrected chi connectivity index (χ1v) is 6.76. The first-order valence-electron chi connectivity index (χ1n) is 6.76. The Hall–Kier alpha value is -0.610. The average molecular weight is 242 g/mol. The minimum Gasteiger partial charge on any atom is -0.376 e. The van der Waals surface area contributed by atoms with Gasteiger partial charge in [-0.05, 0) is 18.8 Å². The van der Waals surface area contributed by atoms with Crippen LogP contribution in [0.15, 0.2) is 0 Å². The van der Waals surface area contributed by atoms with Crippen molar-refractivity contribution >= 4 is 5.91 Å². The van der Waals surface area contributed by atoms with Gasteiger partial charge in [0.15, 0.2) is 0 Å². The van der Waals surface area contributed by atoms with Crippen LogP contribution < -0.4 is 11.1 Å². The molecule has 0 aliphatic heterocycles. The molecule has 3 N–H and O–H groups in total. The molecule has 0 spiro atoms. The highest BCUT2D eigenvalue weighted by atomic mass is 16.5. The molecule has 100 valence electrons. The molecule has 0 aromatic rings. The van der Waals surface area contributed by atoms with Crippen LogP contribution in [0.5, 0.6) is 0 Å². The molecule has 1 amide bonds. The van der Waals surface area contributed by atoms with E-state index < -0.39 is 6.04 Å². The summed E-state index contributed by atoms with van der Waals surface area (Å²) >= 11 is 0. The maximum Gasteiger partial charge on any atom is 0.237 e. The topological polar surface area (TPSA) is 64.4 Å². The molecular formula is C13H26N2O2. The first-order chi connectivity index (χ1) is 8.11. The maximum absolute atomic E-state index is 11.5. The molecule has 0 aromatic carbocycles. The normalized spacial score (nSPS) is 19.3. The summed E-state index contributed by atoms with van der Waals surface area (Å²) in [7, 11) is 0. The molecule has 0 saturated heterocycles. The molecule has 4 heteroatoms. The van der Waals surface area contributed by atoms with Crippen molar-refractivity contribution in [1.29, 1.82) is 0 Å². The number of hydrogen-bond donors (Lipinski definition) is 2. The van der Waals surface area contributed by atoms with Crippen LogP contribution in [0.1, 0.15) is 46.0 Å². The van der Waals surface area contributed by atoms with Crippen molar-refractivity contribution in [2.24, 2.45) is 11.7 Å². The number of nitrogens with one attached hydrogen (secondary N) is 1. The summed E-state index contributed by atoms with van der Waals surface area (Å²) in [4.78, 5) is 11.5. The van der Waals surface area contributed by atoms with E-state index in [-0.39, 0.29) is 11.8 Å². The number of amides is 1. The maximum atomic E-state index is 11.5. The smallest absolute Gasteiger partial charge is 0.237 e. The lowest BCUT2D eigenvalue weighted by Gasteiger charge is -2.22. The Bertz CT molecular complexity index is 225. The summed E-state index contributed by atoms with van der Waals surface area (Å²) in [6.07, 6.45) is 6.61. The Labute approximate surface area is 104 Å². The molecule has 1 aliphatic rings. The summed E-state index contributed by atoms with van der Waals surface area (Å²) in [5.41, 5.74) is 5.73.